The van der Waals surface area contributed by atoms with Gasteiger partial charge in [0.15, 0.2) is 0 Å². The van der Waals surface area contributed by atoms with Gasteiger partial charge in [-0.3, -0.25) is 14.5 Å². The van der Waals surface area contributed by atoms with Crippen LogP contribution in [0.3, 0.4) is 0 Å². The quantitative estimate of drug-likeness (QED) is 0.466. The second-order valence-electron chi connectivity index (χ2n) is 10.1. The average Bonchev–Trinajstić information content (AvgIpc) is 2.68. The van der Waals surface area contributed by atoms with Gasteiger partial charge in [-0.05, 0) is 51.6 Å². The molecular weight excluding hydrogens is 394 g/mol. The summed E-state index contributed by atoms with van der Waals surface area (Å²) in [5, 5.41) is 3.04. The molecule has 1 rings (SSSR count). The fraction of sp³-hybridized carbons (Fsp3) is 0.792. The van der Waals surface area contributed by atoms with Crippen molar-refractivity contribution in [2.24, 2.45) is 11.3 Å². The van der Waals surface area contributed by atoms with E-state index >= 15 is 0 Å². The standard InChI is InChI=1S/C24H43N3O4/c1-10-31-23(30)17(4)15-19(16(2)3)27(9)22(29)20(24(5,6)7)25-21(28)18-13-11-12-14-26(18)8/h15-16,18-20H,10-14H2,1-9H3,(H,25,28)/t18?,19-,20-/m1/s1. The zero-order valence-electron chi connectivity index (χ0n) is 20.9. The van der Waals surface area contributed by atoms with Crippen molar-refractivity contribution in [3.05, 3.63) is 11.6 Å². The highest BCUT2D eigenvalue weighted by molar-refractivity contribution is 5.91. The van der Waals surface area contributed by atoms with Crippen molar-refractivity contribution in [3.8, 4) is 0 Å². The van der Waals surface area contributed by atoms with Crippen LogP contribution in [-0.4, -0.2) is 73.0 Å². The number of likely N-dealkylation sites (N-methyl/N-ethyl adjacent to an activating group) is 2. The first-order valence-corrected chi connectivity index (χ1v) is 11.4. The molecule has 3 atom stereocenters. The Balaban J connectivity index is 3.10. The van der Waals surface area contributed by atoms with Crippen molar-refractivity contribution in [1.82, 2.24) is 15.1 Å². The Morgan fingerprint density at radius 2 is 1.84 bits per heavy atom. The van der Waals surface area contributed by atoms with Crippen molar-refractivity contribution in [3.63, 3.8) is 0 Å². The molecule has 1 fully saturated rings. The average molecular weight is 438 g/mol. The predicted octanol–water partition coefficient (Wildman–Crippen LogP) is 2.99. The van der Waals surface area contributed by atoms with E-state index in [0.717, 1.165) is 25.8 Å². The highest BCUT2D eigenvalue weighted by Gasteiger charge is 2.39. The van der Waals surface area contributed by atoms with Crippen LogP contribution in [0.2, 0.25) is 0 Å². The molecule has 0 aromatic heterocycles. The minimum absolute atomic E-state index is 0.0825. The molecule has 7 heteroatoms. The molecule has 1 unspecified atom stereocenters. The molecule has 7 nitrogen and oxygen atoms in total. The van der Waals surface area contributed by atoms with Crippen LogP contribution >= 0.6 is 0 Å². The van der Waals surface area contributed by atoms with E-state index in [1.165, 1.54) is 0 Å². The number of piperidine rings is 1. The van der Waals surface area contributed by atoms with Crippen molar-refractivity contribution >= 4 is 17.8 Å². The van der Waals surface area contributed by atoms with Crippen LogP contribution in [0.4, 0.5) is 0 Å². The molecule has 1 aliphatic heterocycles. The zero-order valence-corrected chi connectivity index (χ0v) is 20.9. The molecule has 0 aromatic carbocycles. The minimum Gasteiger partial charge on any atom is -0.463 e. The third-order valence-corrected chi connectivity index (χ3v) is 5.97. The van der Waals surface area contributed by atoms with Crippen molar-refractivity contribution in [2.75, 3.05) is 27.2 Å². The van der Waals surface area contributed by atoms with E-state index < -0.39 is 11.5 Å². The third-order valence-electron chi connectivity index (χ3n) is 5.97. The molecule has 1 saturated heterocycles. The summed E-state index contributed by atoms with van der Waals surface area (Å²) in [5.41, 5.74) is 0.00994. The lowest BCUT2D eigenvalue weighted by atomic mass is 9.84. The highest BCUT2D eigenvalue weighted by atomic mass is 16.5. The molecule has 178 valence electrons. The van der Waals surface area contributed by atoms with Crippen LogP contribution in [0.15, 0.2) is 11.6 Å². The van der Waals surface area contributed by atoms with E-state index in [1.54, 1.807) is 31.9 Å². The van der Waals surface area contributed by atoms with E-state index in [4.69, 9.17) is 4.74 Å². The third kappa shape index (κ3) is 7.63. The lowest BCUT2D eigenvalue weighted by Crippen LogP contribution is -2.59. The molecule has 31 heavy (non-hydrogen) atoms. The second-order valence-corrected chi connectivity index (χ2v) is 10.1. The molecule has 1 heterocycles. The Kier molecular flexibility index (Phi) is 10.2. The number of hydrogen-bond donors (Lipinski definition) is 1. The molecular formula is C24H43N3O4. The van der Waals surface area contributed by atoms with Crippen LogP contribution in [0.1, 0.15) is 67.7 Å². The topological polar surface area (TPSA) is 79.0 Å². The highest BCUT2D eigenvalue weighted by Crippen LogP contribution is 2.25. The van der Waals surface area contributed by atoms with Crippen molar-refractivity contribution < 1.29 is 19.1 Å². The number of rotatable bonds is 8. The second kappa shape index (κ2) is 11.7. The van der Waals surface area contributed by atoms with Crippen LogP contribution in [0.25, 0.3) is 0 Å². The van der Waals surface area contributed by atoms with Gasteiger partial charge < -0.3 is 15.0 Å². The van der Waals surface area contributed by atoms with Gasteiger partial charge in [-0.25, -0.2) is 4.79 Å². The number of esters is 1. The maximum atomic E-state index is 13.6. The van der Waals surface area contributed by atoms with Gasteiger partial charge in [0.05, 0.1) is 18.7 Å². The fourth-order valence-electron chi connectivity index (χ4n) is 3.96. The molecule has 1 aliphatic rings. The van der Waals surface area contributed by atoms with Gasteiger partial charge in [-0.2, -0.15) is 0 Å². The molecule has 1 N–H and O–H groups in total. The zero-order chi connectivity index (χ0) is 23.9. The Morgan fingerprint density at radius 3 is 2.32 bits per heavy atom. The number of nitrogens with one attached hydrogen (secondary N) is 1. The summed E-state index contributed by atoms with van der Waals surface area (Å²) < 4.78 is 5.08. The van der Waals surface area contributed by atoms with Gasteiger partial charge in [0, 0.05) is 12.6 Å². The first-order chi connectivity index (χ1) is 14.3. The normalized spacial score (nSPS) is 20.2. The minimum atomic E-state index is -0.669. The maximum Gasteiger partial charge on any atom is 0.333 e. The summed E-state index contributed by atoms with van der Waals surface area (Å²) in [4.78, 5) is 42.4. The number of amides is 2. The molecule has 0 aliphatic carbocycles. The molecule has 2 amide bonds. The van der Waals surface area contributed by atoms with Crippen LogP contribution in [0, 0.1) is 11.3 Å². The number of carbonyl (C=O) groups excluding carboxylic acids is 3. The Morgan fingerprint density at radius 1 is 1.23 bits per heavy atom. The lowest BCUT2D eigenvalue weighted by Gasteiger charge is -2.39. The van der Waals surface area contributed by atoms with E-state index in [1.807, 2.05) is 41.7 Å². The summed E-state index contributed by atoms with van der Waals surface area (Å²) in [6.07, 6.45) is 4.70. The lowest BCUT2D eigenvalue weighted by molar-refractivity contribution is -0.141. The molecule has 0 radical (unpaired) electrons. The first-order valence-electron chi connectivity index (χ1n) is 11.4. The summed E-state index contributed by atoms with van der Waals surface area (Å²) in [7, 11) is 3.70. The number of ether oxygens (including phenoxy) is 1. The fourth-order valence-corrected chi connectivity index (χ4v) is 3.96. The van der Waals surface area contributed by atoms with E-state index in [9.17, 15) is 14.4 Å². The van der Waals surface area contributed by atoms with Crippen LogP contribution in [-0.2, 0) is 19.1 Å². The van der Waals surface area contributed by atoms with Crippen molar-refractivity contribution in [2.45, 2.75) is 85.9 Å². The van der Waals surface area contributed by atoms with Gasteiger partial charge >= 0.3 is 5.97 Å². The first kappa shape index (κ1) is 27.1. The maximum absolute atomic E-state index is 13.6. The summed E-state index contributed by atoms with van der Waals surface area (Å²) in [6, 6.07) is -1.17. The number of carbonyl (C=O) groups is 3. The predicted molar refractivity (Wildman–Crippen MR) is 123 cm³/mol. The van der Waals surface area contributed by atoms with Gasteiger partial charge in [-0.1, -0.05) is 47.1 Å². The summed E-state index contributed by atoms with van der Waals surface area (Å²) >= 11 is 0. The van der Waals surface area contributed by atoms with E-state index in [0.29, 0.717) is 12.2 Å². The monoisotopic (exact) mass is 437 g/mol. The molecule has 0 bridgehead atoms. The van der Waals surface area contributed by atoms with E-state index in [-0.39, 0.29) is 35.8 Å². The van der Waals surface area contributed by atoms with Crippen LogP contribution in [0.5, 0.6) is 0 Å². The van der Waals surface area contributed by atoms with Gasteiger partial charge in [0.1, 0.15) is 6.04 Å². The molecule has 0 spiro atoms. The largest absolute Gasteiger partial charge is 0.463 e. The summed E-state index contributed by atoms with van der Waals surface area (Å²) in [5.74, 6) is -0.553. The van der Waals surface area contributed by atoms with Crippen LogP contribution < -0.4 is 5.32 Å². The number of nitrogens with zero attached hydrogens (tertiary/aromatic N) is 2. The SMILES string of the molecule is CCOC(=O)C(C)=C[C@H](C(C)C)N(C)C(=O)[C@@H](NC(=O)C1CCCCN1C)C(C)(C)C. The summed E-state index contributed by atoms with van der Waals surface area (Å²) in [6.45, 7) is 14.5. The smallest absolute Gasteiger partial charge is 0.333 e. The molecule has 0 saturated carbocycles. The van der Waals surface area contributed by atoms with Gasteiger partial charge in [0.25, 0.3) is 0 Å². The number of likely N-dealkylation sites (tertiary alicyclic amines) is 1. The number of hydrogen-bond acceptors (Lipinski definition) is 5. The van der Waals surface area contributed by atoms with E-state index in [2.05, 4.69) is 10.2 Å². The molecule has 0 aromatic rings. The van der Waals surface area contributed by atoms with Gasteiger partial charge in [0.2, 0.25) is 11.8 Å². The van der Waals surface area contributed by atoms with Gasteiger partial charge in [-0.15, -0.1) is 0 Å². The Bertz CT molecular complexity index is 666. The Labute approximate surface area is 188 Å². The Hall–Kier alpha value is -1.89. The van der Waals surface area contributed by atoms with Crippen molar-refractivity contribution in [1.29, 1.82) is 0 Å².